The molecule has 1 aromatic heterocycles. The van der Waals surface area contributed by atoms with E-state index >= 15 is 0 Å². The zero-order valence-electron chi connectivity index (χ0n) is 8.34. The van der Waals surface area contributed by atoms with E-state index in [1.165, 1.54) is 4.90 Å². The molecular formula is C9H10N4O2S. The lowest BCUT2D eigenvalue weighted by molar-refractivity contribution is -0.125. The van der Waals surface area contributed by atoms with Crippen LogP contribution in [0.3, 0.4) is 0 Å². The molecule has 6 nitrogen and oxygen atoms in total. The minimum absolute atomic E-state index is 0.179. The number of nitrogens with zero attached hydrogens (tertiary/aromatic N) is 2. The maximum absolute atomic E-state index is 11.4. The van der Waals surface area contributed by atoms with Crippen molar-refractivity contribution in [3.8, 4) is 0 Å². The first kappa shape index (κ1) is 10.9. The summed E-state index contributed by atoms with van der Waals surface area (Å²) in [7, 11) is 0. The molecule has 7 heteroatoms. The number of carbonyl (C=O) groups is 2. The lowest BCUT2D eigenvalue weighted by Crippen LogP contribution is -2.28. The molecule has 0 bridgehead atoms. The monoisotopic (exact) mass is 238 g/mol. The second-order valence-electron chi connectivity index (χ2n) is 3.19. The Labute approximate surface area is 96.2 Å². The van der Waals surface area contributed by atoms with Crippen LogP contribution < -0.4 is 11.3 Å². The second kappa shape index (κ2) is 4.50. The molecule has 2 rings (SSSR count). The molecule has 84 valence electrons. The van der Waals surface area contributed by atoms with Gasteiger partial charge in [0.2, 0.25) is 5.91 Å². The Morgan fingerprint density at radius 1 is 1.56 bits per heavy atom. The van der Waals surface area contributed by atoms with Crippen molar-refractivity contribution in [3.63, 3.8) is 0 Å². The standard InChI is InChI=1S/C9H10N4O2S/c10-12-8-6(2-1-3-11-8)4-13-7(14)5-16-9(13)15/h1-3H,4-5,10H2,(H,11,12). The van der Waals surface area contributed by atoms with Crippen molar-refractivity contribution in [2.24, 2.45) is 5.84 Å². The number of pyridine rings is 1. The van der Waals surface area contributed by atoms with E-state index in [1.54, 1.807) is 18.3 Å². The minimum Gasteiger partial charge on any atom is -0.308 e. The Morgan fingerprint density at radius 2 is 2.38 bits per heavy atom. The van der Waals surface area contributed by atoms with Crippen molar-refractivity contribution in [2.75, 3.05) is 11.2 Å². The second-order valence-corrected chi connectivity index (χ2v) is 4.12. The van der Waals surface area contributed by atoms with Crippen molar-refractivity contribution in [3.05, 3.63) is 23.9 Å². The summed E-state index contributed by atoms with van der Waals surface area (Å²) in [5.74, 6) is 5.79. The van der Waals surface area contributed by atoms with E-state index in [0.717, 1.165) is 11.8 Å². The van der Waals surface area contributed by atoms with Crippen LogP contribution in [0.2, 0.25) is 0 Å². The number of hydrazine groups is 1. The number of nitrogens with one attached hydrogen (secondary N) is 1. The molecule has 1 aromatic rings. The summed E-state index contributed by atoms with van der Waals surface area (Å²) < 4.78 is 0. The fraction of sp³-hybridized carbons (Fsp3) is 0.222. The number of thioether (sulfide) groups is 1. The third-order valence-electron chi connectivity index (χ3n) is 2.20. The van der Waals surface area contributed by atoms with E-state index in [1.807, 2.05) is 0 Å². The van der Waals surface area contributed by atoms with Gasteiger partial charge in [0.1, 0.15) is 5.82 Å². The topological polar surface area (TPSA) is 88.3 Å². The highest BCUT2D eigenvalue weighted by Crippen LogP contribution is 2.22. The maximum Gasteiger partial charge on any atom is 0.289 e. The van der Waals surface area contributed by atoms with Gasteiger partial charge in [0.05, 0.1) is 12.3 Å². The van der Waals surface area contributed by atoms with Gasteiger partial charge < -0.3 is 5.43 Å². The van der Waals surface area contributed by atoms with Crippen LogP contribution >= 0.6 is 11.8 Å². The molecule has 16 heavy (non-hydrogen) atoms. The van der Waals surface area contributed by atoms with Gasteiger partial charge >= 0.3 is 0 Å². The van der Waals surface area contributed by atoms with Crippen molar-refractivity contribution in [1.82, 2.24) is 9.88 Å². The number of amides is 2. The highest BCUT2D eigenvalue weighted by Gasteiger charge is 2.30. The predicted octanol–water partition coefficient (Wildman–Crippen LogP) is 0.563. The quantitative estimate of drug-likeness (QED) is 0.591. The molecule has 0 saturated carbocycles. The van der Waals surface area contributed by atoms with Crippen LogP contribution in [0.5, 0.6) is 0 Å². The number of aromatic nitrogens is 1. The molecule has 1 saturated heterocycles. The summed E-state index contributed by atoms with van der Waals surface area (Å²) in [5, 5.41) is -0.225. The predicted molar refractivity (Wildman–Crippen MR) is 60.5 cm³/mol. The number of hydrogen-bond donors (Lipinski definition) is 2. The molecule has 0 unspecified atom stereocenters. The minimum atomic E-state index is -0.225. The van der Waals surface area contributed by atoms with Crippen LogP contribution in [0.4, 0.5) is 10.6 Å². The van der Waals surface area contributed by atoms with E-state index in [-0.39, 0.29) is 23.4 Å². The van der Waals surface area contributed by atoms with E-state index in [4.69, 9.17) is 5.84 Å². The third-order valence-corrected chi connectivity index (χ3v) is 3.06. The molecule has 2 heterocycles. The molecule has 1 aliphatic heterocycles. The summed E-state index contributed by atoms with van der Waals surface area (Å²) in [6.45, 7) is 0.206. The molecule has 3 N–H and O–H groups in total. The number of hydrogen-bond acceptors (Lipinski definition) is 6. The van der Waals surface area contributed by atoms with Gasteiger partial charge in [-0.3, -0.25) is 14.5 Å². The number of anilines is 1. The number of imide groups is 1. The largest absolute Gasteiger partial charge is 0.308 e. The zero-order valence-corrected chi connectivity index (χ0v) is 9.16. The number of nitrogens with two attached hydrogens (primary N) is 1. The van der Waals surface area contributed by atoms with E-state index in [0.29, 0.717) is 11.4 Å². The summed E-state index contributed by atoms with van der Waals surface area (Å²) >= 11 is 1.01. The Balaban J connectivity index is 2.20. The SMILES string of the molecule is NNc1ncccc1CN1C(=O)CSC1=O. The number of rotatable bonds is 3. The fourth-order valence-corrected chi connectivity index (χ4v) is 2.13. The zero-order chi connectivity index (χ0) is 11.5. The van der Waals surface area contributed by atoms with Gasteiger partial charge in [-0.2, -0.15) is 0 Å². The van der Waals surface area contributed by atoms with Gasteiger partial charge in [-0.25, -0.2) is 10.8 Å². The van der Waals surface area contributed by atoms with Gasteiger partial charge in [-0.1, -0.05) is 17.8 Å². The van der Waals surface area contributed by atoms with Gasteiger partial charge in [0.25, 0.3) is 5.24 Å². The highest BCUT2D eigenvalue weighted by molar-refractivity contribution is 8.14. The lowest BCUT2D eigenvalue weighted by atomic mass is 10.2. The van der Waals surface area contributed by atoms with Gasteiger partial charge in [-0.05, 0) is 6.07 Å². The molecule has 1 fully saturated rings. The van der Waals surface area contributed by atoms with Crippen molar-refractivity contribution in [2.45, 2.75) is 6.54 Å². The van der Waals surface area contributed by atoms with Crippen LogP contribution in [-0.2, 0) is 11.3 Å². The van der Waals surface area contributed by atoms with E-state index in [2.05, 4.69) is 10.4 Å². The molecule has 0 aliphatic carbocycles. The third kappa shape index (κ3) is 2.00. The molecule has 0 atom stereocenters. The fourth-order valence-electron chi connectivity index (χ4n) is 1.40. The van der Waals surface area contributed by atoms with Crippen LogP contribution in [0.25, 0.3) is 0 Å². The molecule has 0 radical (unpaired) electrons. The van der Waals surface area contributed by atoms with Crippen LogP contribution in [0.1, 0.15) is 5.56 Å². The molecule has 2 amide bonds. The molecule has 0 aromatic carbocycles. The normalized spacial score (nSPS) is 15.7. The Hall–Kier alpha value is -1.60. The van der Waals surface area contributed by atoms with E-state index < -0.39 is 0 Å². The maximum atomic E-state index is 11.4. The summed E-state index contributed by atoms with van der Waals surface area (Å²) in [6, 6.07) is 3.50. The Kier molecular flexibility index (Phi) is 3.07. The summed E-state index contributed by atoms with van der Waals surface area (Å²) in [5.41, 5.74) is 3.15. The highest BCUT2D eigenvalue weighted by atomic mass is 32.2. The average Bonchev–Trinajstić information content (AvgIpc) is 2.61. The first-order chi connectivity index (χ1) is 7.72. The van der Waals surface area contributed by atoms with Gasteiger partial charge in [-0.15, -0.1) is 0 Å². The number of carbonyl (C=O) groups excluding carboxylic acids is 2. The van der Waals surface area contributed by atoms with Crippen LogP contribution in [0, 0.1) is 0 Å². The lowest BCUT2D eigenvalue weighted by Gasteiger charge is -2.14. The van der Waals surface area contributed by atoms with Gasteiger partial charge in [0, 0.05) is 11.8 Å². The first-order valence-electron chi connectivity index (χ1n) is 4.60. The van der Waals surface area contributed by atoms with Crippen molar-refractivity contribution >= 4 is 28.7 Å². The van der Waals surface area contributed by atoms with Crippen LogP contribution in [-0.4, -0.2) is 26.8 Å². The van der Waals surface area contributed by atoms with E-state index in [9.17, 15) is 9.59 Å². The molecular weight excluding hydrogens is 228 g/mol. The Morgan fingerprint density at radius 3 is 3.00 bits per heavy atom. The molecule has 1 aliphatic rings. The van der Waals surface area contributed by atoms with Crippen molar-refractivity contribution < 1.29 is 9.59 Å². The van der Waals surface area contributed by atoms with Crippen molar-refractivity contribution in [1.29, 1.82) is 0 Å². The van der Waals surface area contributed by atoms with Gasteiger partial charge in [0.15, 0.2) is 0 Å². The first-order valence-corrected chi connectivity index (χ1v) is 5.58. The smallest absolute Gasteiger partial charge is 0.289 e. The average molecular weight is 238 g/mol. The molecule has 0 spiro atoms. The Bertz CT molecular complexity index is 421. The summed E-state index contributed by atoms with van der Waals surface area (Å²) in [6.07, 6.45) is 1.58. The summed E-state index contributed by atoms with van der Waals surface area (Å²) in [4.78, 5) is 28.0. The van der Waals surface area contributed by atoms with Crippen LogP contribution in [0.15, 0.2) is 18.3 Å². The number of nitrogen functional groups attached to an aromatic ring is 1.